The third-order valence-corrected chi connectivity index (χ3v) is 3.56. The molecule has 1 aromatic heterocycles. The molecule has 0 fully saturated rings. The molecule has 0 saturated carbocycles. The highest BCUT2D eigenvalue weighted by Gasteiger charge is 2.12. The molecule has 1 heterocycles. The first-order chi connectivity index (χ1) is 9.24. The van der Waals surface area contributed by atoms with E-state index in [1.807, 2.05) is 24.8 Å². The van der Waals surface area contributed by atoms with Crippen molar-refractivity contribution in [1.29, 1.82) is 0 Å². The van der Waals surface area contributed by atoms with Gasteiger partial charge in [-0.05, 0) is 26.0 Å². The summed E-state index contributed by atoms with van der Waals surface area (Å²) >= 11 is 1.50. The standard InChI is InChI=1S/C13H17FN4S/c1-3-15-13-17-16-12(19-13)9-18(4-2)11-8-6-5-7-10(11)14/h5-8H,3-4,9H2,1-2H3,(H,15,17). The third-order valence-electron chi connectivity index (χ3n) is 2.70. The second kappa shape index (κ2) is 6.47. The second-order valence-electron chi connectivity index (χ2n) is 4.00. The fourth-order valence-electron chi connectivity index (χ4n) is 1.78. The smallest absolute Gasteiger partial charge is 0.205 e. The van der Waals surface area contributed by atoms with Crippen molar-refractivity contribution in [2.75, 3.05) is 23.3 Å². The first kappa shape index (κ1) is 13.7. The minimum Gasteiger partial charge on any atom is -0.363 e. The number of halogens is 1. The van der Waals surface area contributed by atoms with Gasteiger partial charge in [0, 0.05) is 13.1 Å². The van der Waals surface area contributed by atoms with Crippen molar-refractivity contribution in [3.05, 3.63) is 35.1 Å². The monoisotopic (exact) mass is 280 g/mol. The summed E-state index contributed by atoms with van der Waals surface area (Å²) < 4.78 is 13.8. The van der Waals surface area contributed by atoms with Gasteiger partial charge in [0.05, 0.1) is 12.2 Å². The van der Waals surface area contributed by atoms with Crippen LogP contribution in [0, 0.1) is 5.82 Å². The van der Waals surface area contributed by atoms with Gasteiger partial charge in [0.25, 0.3) is 0 Å². The van der Waals surface area contributed by atoms with Crippen LogP contribution < -0.4 is 10.2 Å². The van der Waals surface area contributed by atoms with Gasteiger partial charge in [0.15, 0.2) is 0 Å². The molecule has 0 unspecified atom stereocenters. The van der Waals surface area contributed by atoms with Crippen LogP contribution in [0.5, 0.6) is 0 Å². The molecule has 1 N–H and O–H groups in total. The molecular formula is C13H17FN4S. The van der Waals surface area contributed by atoms with Crippen molar-refractivity contribution in [2.45, 2.75) is 20.4 Å². The first-order valence-corrected chi connectivity index (χ1v) is 7.12. The molecule has 0 aliphatic carbocycles. The van der Waals surface area contributed by atoms with E-state index in [4.69, 9.17) is 0 Å². The molecule has 0 radical (unpaired) electrons. The van der Waals surface area contributed by atoms with E-state index in [2.05, 4.69) is 15.5 Å². The van der Waals surface area contributed by atoms with Crippen LogP contribution in [0.3, 0.4) is 0 Å². The van der Waals surface area contributed by atoms with Gasteiger partial charge in [-0.2, -0.15) is 0 Å². The topological polar surface area (TPSA) is 41.1 Å². The average molecular weight is 280 g/mol. The summed E-state index contributed by atoms with van der Waals surface area (Å²) in [6, 6.07) is 6.79. The number of nitrogens with zero attached hydrogens (tertiary/aromatic N) is 3. The highest BCUT2D eigenvalue weighted by Crippen LogP contribution is 2.23. The Kier molecular flexibility index (Phi) is 4.68. The van der Waals surface area contributed by atoms with Crippen LogP contribution in [-0.2, 0) is 6.54 Å². The predicted octanol–water partition coefficient (Wildman–Crippen LogP) is 3.14. The number of para-hydroxylation sites is 1. The maximum Gasteiger partial charge on any atom is 0.205 e. The van der Waals surface area contributed by atoms with Crippen molar-refractivity contribution in [3.63, 3.8) is 0 Å². The van der Waals surface area contributed by atoms with Gasteiger partial charge in [-0.15, -0.1) is 10.2 Å². The molecule has 0 saturated heterocycles. The number of nitrogens with one attached hydrogen (secondary N) is 1. The lowest BCUT2D eigenvalue weighted by molar-refractivity contribution is 0.617. The van der Waals surface area contributed by atoms with E-state index in [1.165, 1.54) is 17.4 Å². The van der Waals surface area contributed by atoms with Crippen molar-refractivity contribution in [1.82, 2.24) is 10.2 Å². The molecule has 0 atom stereocenters. The Bertz CT molecular complexity index is 529. The van der Waals surface area contributed by atoms with Crippen LogP contribution in [0.1, 0.15) is 18.9 Å². The van der Waals surface area contributed by atoms with Gasteiger partial charge < -0.3 is 10.2 Å². The SMILES string of the molecule is CCNc1nnc(CN(CC)c2ccccc2F)s1. The number of rotatable bonds is 6. The Morgan fingerprint density at radius 1 is 1.26 bits per heavy atom. The Labute approximate surface area is 116 Å². The van der Waals surface area contributed by atoms with Crippen LogP contribution in [0.25, 0.3) is 0 Å². The summed E-state index contributed by atoms with van der Waals surface area (Å²) in [6.07, 6.45) is 0. The fourth-order valence-corrected chi connectivity index (χ4v) is 2.60. The third kappa shape index (κ3) is 3.41. The van der Waals surface area contributed by atoms with Crippen molar-refractivity contribution < 1.29 is 4.39 Å². The summed E-state index contributed by atoms with van der Waals surface area (Å²) in [5.41, 5.74) is 0.602. The van der Waals surface area contributed by atoms with E-state index >= 15 is 0 Å². The molecule has 0 amide bonds. The zero-order valence-electron chi connectivity index (χ0n) is 11.1. The van der Waals surface area contributed by atoms with Crippen LogP contribution >= 0.6 is 11.3 Å². The van der Waals surface area contributed by atoms with Gasteiger partial charge in [-0.25, -0.2) is 4.39 Å². The van der Waals surface area contributed by atoms with E-state index in [-0.39, 0.29) is 5.82 Å². The summed E-state index contributed by atoms with van der Waals surface area (Å²) in [5, 5.41) is 13.0. The van der Waals surface area contributed by atoms with E-state index in [9.17, 15) is 4.39 Å². The normalized spacial score (nSPS) is 10.5. The lowest BCUT2D eigenvalue weighted by Crippen LogP contribution is -2.22. The second-order valence-corrected chi connectivity index (χ2v) is 5.06. The zero-order valence-corrected chi connectivity index (χ0v) is 11.9. The Morgan fingerprint density at radius 2 is 2.05 bits per heavy atom. The van der Waals surface area contributed by atoms with Crippen molar-refractivity contribution in [3.8, 4) is 0 Å². The molecule has 102 valence electrons. The Balaban J connectivity index is 2.12. The lowest BCUT2D eigenvalue weighted by atomic mass is 10.2. The van der Waals surface area contributed by atoms with Crippen LogP contribution in [0.15, 0.2) is 24.3 Å². The summed E-state index contributed by atoms with van der Waals surface area (Å²) in [5.74, 6) is -0.208. The molecule has 1 aromatic carbocycles. The maximum absolute atomic E-state index is 13.8. The largest absolute Gasteiger partial charge is 0.363 e. The molecule has 0 aliphatic heterocycles. The number of aromatic nitrogens is 2. The highest BCUT2D eigenvalue weighted by atomic mass is 32.1. The minimum absolute atomic E-state index is 0.208. The molecule has 4 nitrogen and oxygen atoms in total. The van der Waals surface area contributed by atoms with Gasteiger partial charge in [0.2, 0.25) is 5.13 Å². The number of benzene rings is 1. The molecule has 0 bridgehead atoms. The Hall–Kier alpha value is -1.69. The van der Waals surface area contributed by atoms with Gasteiger partial charge in [0.1, 0.15) is 10.8 Å². The minimum atomic E-state index is -0.208. The van der Waals surface area contributed by atoms with Crippen LogP contribution in [0.4, 0.5) is 15.2 Å². The van der Waals surface area contributed by atoms with Crippen molar-refractivity contribution >= 4 is 22.2 Å². The number of hydrogen-bond donors (Lipinski definition) is 1. The summed E-state index contributed by atoms with van der Waals surface area (Å²) in [4.78, 5) is 1.95. The van der Waals surface area contributed by atoms with Crippen molar-refractivity contribution in [2.24, 2.45) is 0 Å². The van der Waals surface area contributed by atoms with E-state index in [0.29, 0.717) is 12.2 Å². The summed E-state index contributed by atoms with van der Waals surface area (Å²) in [7, 11) is 0. The Morgan fingerprint density at radius 3 is 2.74 bits per heavy atom. The van der Waals surface area contributed by atoms with E-state index in [1.54, 1.807) is 12.1 Å². The lowest BCUT2D eigenvalue weighted by Gasteiger charge is -2.21. The molecule has 2 rings (SSSR count). The predicted molar refractivity (Wildman–Crippen MR) is 77.2 cm³/mol. The average Bonchev–Trinajstić information content (AvgIpc) is 2.85. The zero-order chi connectivity index (χ0) is 13.7. The maximum atomic E-state index is 13.8. The molecule has 0 spiro atoms. The van der Waals surface area contributed by atoms with Gasteiger partial charge in [-0.1, -0.05) is 23.5 Å². The molecular weight excluding hydrogens is 263 g/mol. The van der Waals surface area contributed by atoms with Crippen LogP contribution in [0.2, 0.25) is 0 Å². The molecule has 2 aromatic rings. The summed E-state index contributed by atoms with van der Waals surface area (Å²) in [6.45, 7) is 6.12. The van der Waals surface area contributed by atoms with E-state index < -0.39 is 0 Å². The fraction of sp³-hybridized carbons (Fsp3) is 0.385. The number of anilines is 2. The molecule has 0 aliphatic rings. The molecule has 6 heteroatoms. The van der Waals surface area contributed by atoms with Gasteiger partial charge >= 0.3 is 0 Å². The molecule has 19 heavy (non-hydrogen) atoms. The highest BCUT2D eigenvalue weighted by molar-refractivity contribution is 7.15. The van der Waals surface area contributed by atoms with Crippen LogP contribution in [-0.4, -0.2) is 23.3 Å². The quantitative estimate of drug-likeness (QED) is 0.882. The number of hydrogen-bond acceptors (Lipinski definition) is 5. The first-order valence-electron chi connectivity index (χ1n) is 6.30. The van der Waals surface area contributed by atoms with Gasteiger partial charge in [-0.3, -0.25) is 0 Å². The van der Waals surface area contributed by atoms with E-state index in [0.717, 1.165) is 23.2 Å².